The average Bonchev–Trinajstić information content (AvgIpc) is 2.73. The number of halogens is 4. The van der Waals surface area contributed by atoms with Crippen LogP contribution in [0.15, 0.2) is 18.2 Å². The highest BCUT2D eigenvalue weighted by Gasteiger charge is 2.32. The van der Waals surface area contributed by atoms with Crippen molar-refractivity contribution in [2.45, 2.75) is 31.7 Å². The summed E-state index contributed by atoms with van der Waals surface area (Å²) in [5, 5.41) is 3.31. The molecule has 1 aromatic rings. The molecule has 6 heteroatoms. The first-order chi connectivity index (χ1) is 8.44. The molecule has 1 fully saturated rings. The summed E-state index contributed by atoms with van der Waals surface area (Å²) in [6.45, 7) is 0.994. The van der Waals surface area contributed by atoms with E-state index in [2.05, 4.69) is 10.1 Å². The van der Waals surface area contributed by atoms with Crippen LogP contribution in [0.5, 0.6) is 5.75 Å². The van der Waals surface area contributed by atoms with Crippen LogP contribution in [-0.4, -0.2) is 18.9 Å². The Kier molecular flexibility index (Phi) is 4.02. The third-order valence-corrected chi connectivity index (χ3v) is 3.16. The van der Waals surface area contributed by atoms with Gasteiger partial charge in [-0.25, -0.2) is 0 Å². The van der Waals surface area contributed by atoms with E-state index in [9.17, 15) is 13.2 Å². The van der Waals surface area contributed by atoms with Gasteiger partial charge in [-0.05, 0) is 43.5 Å². The molecule has 1 aliphatic heterocycles. The largest absolute Gasteiger partial charge is 0.573 e. The van der Waals surface area contributed by atoms with Crippen molar-refractivity contribution in [2.75, 3.05) is 6.54 Å². The first-order valence-corrected chi connectivity index (χ1v) is 6.09. The minimum atomic E-state index is -4.71. The summed E-state index contributed by atoms with van der Waals surface area (Å²) in [7, 11) is 0. The van der Waals surface area contributed by atoms with E-state index in [4.69, 9.17) is 11.6 Å². The van der Waals surface area contributed by atoms with Crippen LogP contribution in [0.25, 0.3) is 0 Å². The Bertz CT molecular complexity index is 416. The molecule has 0 spiro atoms. The Morgan fingerprint density at radius 3 is 2.72 bits per heavy atom. The van der Waals surface area contributed by atoms with Gasteiger partial charge in [0.05, 0.1) is 5.02 Å². The highest BCUT2D eigenvalue weighted by Crippen LogP contribution is 2.31. The van der Waals surface area contributed by atoms with E-state index in [1.165, 1.54) is 12.1 Å². The Morgan fingerprint density at radius 2 is 2.17 bits per heavy atom. The molecule has 1 aliphatic rings. The maximum Gasteiger partial charge on any atom is 0.573 e. The molecule has 1 N–H and O–H groups in total. The molecule has 0 bridgehead atoms. The lowest BCUT2D eigenvalue weighted by molar-refractivity contribution is -0.274. The predicted octanol–water partition coefficient (Wildman–Crippen LogP) is 3.53. The molecule has 18 heavy (non-hydrogen) atoms. The zero-order valence-corrected chi connectivity index (χ0v) is 10.3. The summed E-state index contributed by atoms with van der Waals surface area (Å²) in [4.78, 5) is 0. The summed E-state index contributed by atoms with van der Waals surface area (Å²) in [6, 6.07) is 4.80. The van der Waals surface area contributed by atoms with Crippen LogP contribution in [-0.2, 0) is 6.42 Å². The highest BCUT2D eigenvalue weighted by molar-refractivity contribution is 6.32. The van der Waals surface area contributed by atoms with E-state index in [1.54, 1.807) is 6.07 Å². The van der Waals surface area contributed by atoms with E-state index in [-0.39, 0.29) is 10.8 Å². The fraction of sp³-hybridized carbons (Fsp3) is 0.500. The van der Waals surface area contributed by atoms with Crippen LogP contribution in [0.3, 0.4) is 0 Å². The molecule has 1 unspecified atom stereocenters. The lowest BCUT2D eigenvalue weighted by Crippen LogP contribution is -2.23. The lowest BCUT2D eigenvalue weighted by Gasteiger charge is -2.13. The van der Waals surface area contributed by atoms with Crippen molar-refractivity contribution < 1.29 is 17.9 Å². The summed E-state index contributed by atoms with van der Waals surface area (Å²) in [6.07, 6.45) is -1.73. The predicted molar refractivity (Wildman–Crippen MR) is 62.9 cm³/mol. The minimum Gasteiger partial charge on any atom is -0.404 e. The second-order valence-corrected chi connectivity index (χ2v) is 4.72. The molecule has 2 rings (SSSR count). The number of hydrogen-bond donors (Lipinski definition) is 1. The zero-order chi connectivity index (χ0) is 13.2. The molecule has 1 heterocycles. The zero-order valence-electron chi connectivity index (χ0n) is 9.56. The summed E-state index contributed by atoms with van der Waals surface area (Å²) >= 11 is 5.78. The quantitative estimate of drug-likeness (QED) is 0.914. The van der Waals surface area contributed by atoms with Crippen molar-refractivity contribution in [1.29, 1.82) is 0 Å². The van der Waals surface area contributed by atoms with Gasteiger partial charge in [-0.2, -0.15) is 0 Å². The SMILES string of the molecule is FC(F)(F)Oc1ccc(CC2CCCN2)cc1Cl. The van der Waals surface area contributed by atoms with Crippen molar-refractivity contribution in [3.8, 4) is 5.75 Å². The summed E-state index contributed by atoms with van der Waals surface area (Å²) in [5.74, 6) is -0.354. The maximum absolute atomic E-state index is 12.1. The van der Waals surface area contributed by atoms with Crippen LogP contribution >= 0.6 is 11.6 Å². The molecule has 2 nitrogen and oxygen atoms in total. The topological polar surface area (TPSA) is 21.3 Å². The van der Waals surface area contributed by atoms with Gasteiger partial charge in [0.15, 0.2) is 0 Å². The van der Waals surface area contributed by atoms with Gasteiger partial charge in [-0.3, -0.25) is 0 Å². The molecule has 0 saturated carbocycles. The van der Waals surface area contributed by atoms with Crippen molar-refractivity contribution >= 4 is 11.6 Å². The van der Waals surface area contributed by atoms with Gasteiger partial charge in [-0.15, -0.1) is 13.2 Å². The molecular weight excluding hydrogens is 267 g/mol. The van der Waals surface area contributed by atoms with Crippen LogP contribution in [0.4, 0.5) is 13.2 Å². The van der Waals surface area contributed by atoms with E-state index >= 15 is 0 Å². The van der Waals surface area contributed by atoms with E-state index < -0.39 is 6.36 Å². The maximum atomic E-state index is 12.1. The standard InChI is InChI=1S/C12H13ClF3NO/c13-10-7-8(6-9-2-1-5-17-9)3-4-11(10)18-12(14,15)16/h3-4,7,9,17H,1-2,5-6H2. The summed E-state index contributed by atoms with van der Waals surface area (Å²) in [5.41, 5.74) is 0.911. The van der Waals surface area contributed by atoms with Gasteiger partial charge in [0.2, 0.25) is 0 Å². The van der Waals surface area contributed by atoms with E-state index in [1.807, 2.05) is 0 Å². The van der Waals surface area contributed by atoms with Gasteiger partial charge < -0.3 is 10.1 Å². The van der Waals surface area contributed by atoms with Crippen LogP contribution in [0.2, 0.25) is 5.02 Å². The molecule has 0 radical (unpaired) electrons. The van der Waals surface area contributed by atoms with Crippen molar-refractivity contribution in [1.82, 2.24) is 5.32 Å². The molecular formula is C12H13ClF3NO. The van der Waals surface area contributed by atoms with Gasteiger partial charge >= 0.3 is 6.36 Å². The summed E-state index contributed by atoms with van der Waals surface area (Å²) < 4.78 is 40.0. The number of alkyl halides is 3. The normalized spacial score (nSPS) is 20.1. The number of rotatable bonds is 3. The van der Waals surface area contributed by atoms with Crippen LogP contribution in [0.1, 0.15) is 18.4 Å². The Morgan fingerprint density at radius 1 is 1.39 bits per heavy atom. The fourth-order valence-corrected chi connectivity index (χ4v) is 2.34. The van der Waals surface area contributed by atoms with Gasteiger partial charge in [-0.1, -0.05) is 17.7 Å². The second kappa shape index (κ2) is 5.36. The number of nitrogens with one attached hydrogen (secondary N) is 1. The first-order valence-electron chi connectivity index (χ1n) is 5.71. The third-order valence-electron chi connectivity index (χ3n) is 2.87. The van der Waals surface area contributed by atoms with Crippen LogP contribution in [0, 0.1) is 0 Å². The second-order valence-electron chi connectivity index (χ2n) is 4.31. The van der Waals surface area contributed by atoms with Crippen molar-refractivity contribution in [2.24, 2.45) is 0 Å². The molecule has 0 aliphatic carbocycles. The van der Waals surface area contributed by atoms with E-state index in [0.29, 0.717) is 6.04 Å². The number of benzene rings is 1. The van der Waals surface area contributed by atoms with Crippen LogP contribution < -0.4 is 10.1 Å². The number of ether oxygens (including phenoxy) is 1. The highest BCUT2D eigenvalue weighted by atomic mass is 35.5. The number of hydrogen-bond acceptors (Lipinski definition) is 2. The first kappa shape index (κ1) is 13.5. The fourth-order valence-electron chi connectivity index (χ4n) is 2.09. The molecule has 1 aromatic carbocycles. The minimum absolute atomic E-state index is 0.0113. The molecule has 0 aromatic heterocycles. The third kappa shape index (κ3) is 3.78. The van der Waals surface area contributed by atoms with Crippen molar-refractivity contribution in [3.05, 3.63) is 28.8 Å². The monoisotopic (exact) mass is 279 g/mol. The molecule has 1 saturated heterocycles. The molecule has 1 atom stereocenters. The van der Waals surface area contributed by atoms with E-state index in [0.717, 1.165) is 31.4 Å². The van der Waals surface area contributed by atoms with Crippen molar-refractivity contribution in [3.63, 3.8) is 0 Å². The van der Waals surface area contributed by atoms with Gasteiger partial charge in [0.1, 0.15) is 5.75 Å². The lowest BCUT2D eigenvalue weighted by atomic mass is 10.0. The Labute approximate surface area is 108 Å². The van der Waals surface area contributed by atoms with Gasteiger partial charge in [0, 0.05) is 6.04 Å². The average molecular weight is 280 g/mol. The Balaban J connectivity index is 2.04. The smallest absolute Gasteiger partial charge is 0.404 e. The molecule has 100 valence electrons. The molecule has 0 amide bonds. The Hall–Kier alpha value is -0.940. The van der Waals surface area contributed by atoms with Gasteiger partial charge in [0.25, 0.3) is 0 Å².